The van der Waals surface area contributed by atoms with E-state index in [1.807, 2.05) is 42.5 Å². The maximum absolute atomic E-state index is 12.6. The third kappa shape index (κ3) is 4.04. The van der Waals surface area contributed by atoms with Gasteiger partial charge in [0.05, 0.1) is 17.6 Å². The molecule has 0 unspecified atom stereocenters. The van der Waals surface area contributed by atoms with Crippen LogP contribution in [-0.2, 0) is 4.79 Å². The summed E-state index contributed by atoms with van der Waals surface area (Å²) in [5.41, 5.74) is 2.75. The van der Waals surface area contributed by atoms with Crippen LogP contribution in [-0.4, -0.2) is 66.7 Å². The number of rotatable bonds is 4. The SMILES string of the molecule is O=C(CN1CCCN(c2nc3ccccc3[nH]2)CC1)Nc1ccc2c(c1)OCCO2. The van der Waals surface area contributed by atoms with Crippen molar-refractivity contribution in [3.8, 4) is 11.5 Å². The van der Waals surface area contributed by atoms with Crippen LogP contribution >= 0.6 is 0 Å². The van der Waals surface area contributed by atoms with Gasteiger partial charge in [-0.25, -0.2) is 4.98 Å². The molecule has 2 aliphatic rings. The summed E-state index contributed by atoms with van der Waals surface area (Å²) in [4.78, 5) is 25.1. The molecule has 156 valence electrons. The normalized spacial score (nSPS) is 17.0. The van der Waals surface area contributed by atoms with Crippen LogP contribution in [0.25, 0.3) is 11.0 Å². The minimum absolute atomic E-state index is 0.0242. The molecule has 0 bridgehead atoms. The Labute approximate surface area is 174 Å². The summed E-state index contributed by atoms with van der Waals surface area (Å²) in [7, 11) is 0. The van der Waals surface area contributed by atoms with Gasteiger partial charge in [0, 0.05) is 37.9 Å². The van der Waals surface area contributed by atoms with Gasteiger partial charge in [-0.1, -0.05) is 12.1 Å². The van der Waals surface area contributed by atoms with Crippen molar-refractivity contribution in [2.75, 3.05) is 56.2 Å². The molecule has 0 aliphatic carbocycles. The zero-order valence-corrected chi connectivity index (χ0v) is 16.8. The number of ether oxygens (including phenoxy) is 2. The number of imidazole rings is 1. The summed E-state index contributed by atoms with van der Waals surface area (Å²) in [5, 5.41) is 2.97. The quantitative estimate of drug-likeness (QED) is 0.692. The van der Waals surface area contributed by atoms with Gasteiger partial charge in [0.1, 0.15) is 13.2 Å². The second kappa shape index (κ2) is 8.23. The molecule has 2 N–H and O–H groups in total. The van der Waals surface area contributed by atoms with E-state index in [1.54, 1.807) is 0 Å². The smallest absolute Gasteiger partial charge is 0.238 e. The lowest BCUT2D eigenvalue weighted by Gasteiger charge is -2.21. The molecule has 2 aromatic carbocycles. The number of nitrogens with one attached hydrogen (secondary N) is 2. The van der Waals surface area contributed by atoms with Gasteiger partial charge in [-0.15, -0.1) is 0 Å². The molecule has 8 nitrogen and oxygen atoms in total. The van der Waals surface area contributed by atoms with Crippen molar-refractivity contribution in [3.05, 3.63) is 42.5 Å². The van der Waals surface area contributed by atoms with Crippen LogP contribution in [0.1, 0.15) is 6.42 Å². The zero-order valence-electron chi connectivity index (χ0n) is 16.8. The molecule has 2 aliphatic heterocycles. The number of carbonyl (C=O) groups excluding carboxylic acids is 1. The van der Waals surface area contributed by atoms with Crippen LogP contribution in [0.3, 0.4) is 0 Å². The van der Waals surface area contributed by atoms with Crippen LogP contribution in [0.15, 0.2) is 42.5 Å². The second-order valence-electron chi connectivity index (χ2n) is 7.60. The van der Waals surface area contributed by atoms with Gasteiger partial charge in [0.2, 0.25) is 11.9 Å². The highest BCUT2D eigenvalue weighted by atomic mass is 16.6. The fourth-order valence-corrected chi connectivity index (χ4v) is 3.95. The monoisotopic (exact) mass is 407 g/mol. The summed E-state index contributed by atoms with van der Waals surface area (Å²) in [6.45, 7) is 4.88. The van der Waals surface area contributed by atoms with Gasteiger partial charge in [-0.3, -0.25) is 9.69 Å². The number of amides is 1. The van der Waals surface area contributed by atoms with Gasteiger partial charge >= 0.3 is 0 Å². The summed E-state index contributed by atoms with van der Waals surface area (Å²) in [6, 6.07) is 13.6. The Hall–Kier alpha value is -3.26. The molecule has 30 heavy (non-hydrogen) atoms. The lowest BCUT2D eigenvalue weighted by molar-refractivity contribution is -0.117. The van der Waals surface area contributed by atoms with Crippen molar-refractivity contribution in [2.45, 2.75) is 6.42 Å². The molecule has 0 radical (unpaired) electrons. The number of aromatic amines is 1. The topological polar surface area (TPSA) is 82.7 Å². The molecule has 5 rings (SSSR count). The van der Waals surface area contributed by atoms with Crippen molar-refractivity contribution in [1.29, 1.82) is 0 Å². The number of H-pyrrole nitrogens is 1. The first kappa shape index (κ1) is 18.7. The molecule has 0 spiro atoms. The number of nitrogens with zero attached hydrogens (tertiary/aromatic N) is 3. The molecule has 1 fully saturated rings. The van der Waals surface area contributed by atoms with Gasteiger partial charge in [0.25, 0.3) is 0 Å². The Morgan fingerprint density at radius 2 is 1.90 bits per heavy atom. The third-order valence-electron chi connectivity index (χ3n) is 5.46. The number of para-hydroxylation sites is 2. The lowest BCUT2D eigenvalue weighted by atomic mass is 10.2. The van der Waals surface area contributed by atoms with Crippen LogP contribution < -0.4 is 19.7 Å². The van der Waals surface area contributed by atoms with E-state index in [0.29, 0.717) is 25.5 Å². The van der Waals surface area contributed by atoms with Gasteiger partial charge < -0.3 is 24.7 Å². The Kier molecular flexibility index (Phi) is 5.15. The van der Waals surface area contributed by atoms with E-state index in [2.05, 4.69) is 20.1 Å². The molecular weight excluding hydrogens is 382 g/mol. The Morgan fingerprint density at radius 3 is 2.80 bits per heavy atom. The van der Waals surface area contributed by atoms with Crippen molar-refractivity contribution >= 4 is 28.6 Å². The fraction of sp³-hybridized carbons (Fsp3) is 0.364. The summed E-state index contributed by atoms with van der Waals surface area (Å²) in [6.07, 6.45) is 0.981. The lowest BCUT2D eigenvalue weighted by Crippen LogP contribution is -2.36. The Balaban J connectivity index is 1.17. The number of fused-ring (bicyclic) bond motifs is 2. The first-order chi connectivity index (χ1) is 14.7. The van der Waals surface area contributed by atoms with Crippen LogP contribution in [0.4, 0.5) is 11.6 Å². The molecule has 1 aromatic heterocycles. The molecule has 1 amide bonds. The van der Waals surface area contributed by atoms with Crippen LogP contribution in [0.5, 0.6) is 11.5 Å². The van der Waals surface area contributed by atoms with Crippen LogP contribution in [0.2, 0.25) is 0 Å². The van der Waals surface area contributed by atoms with E-state index < -0.39 is 0 Å². The molecule has 8 heteroatoms. The number of carbonyl (C=O) groups is 1. The average Bonchev–Trinajstić information content (AvgIpc) is 3.06. The Bertz CT molecular complexity index is 1020. The number of anilines is 2. The van der Waals surface area contributed by atoms with Crippen molar-refractivity contribution in [3.63, 3.8) is 0 Å². The maximum atomic E-state index is 12.6. The molecule has 0 atom stereocenters. The third-order valence-corrected chi connectivity index (χ3v) is 5.46. The molecule has 3 heterocycles. The maximum Gasteiger partial charge on any atom is 0.238 e. The standard InChI is InChI=1S/C22H25N5O3/c28-21(23-16-6-7-19-20(14-16)30-13-12-29-19)15-26-8-3-9-27(11-10-26)22-24-17-4-1-2-5-18(17)25-22/h1-2,4-7,14H,3,8-13,15H2,(H,23,28)(H,24,25). The van der Waals surface area contributed by atoms with E-state index >= 15 is 0 Å². The number of aromatic nitrogens is 2. The first-order valence-corrected chi connectivity index (χ1v) is 10.4. The molecule has 3 aromatic rings. The summed E-state index contributed by atoms with van der Waals surface area (Å²) in [5.74, 6) is 2.27. The van der Waals surface area contributed by atoms with Gasteiger partial charge in [-0.2, -0.15) is 0 Å². The minimum Gasteiger partial charge on any atom is -0.486 e. The highest BCUT2D eigenvalue weighted by molar-refractivity contribution is 5.92. The van der Waals surface area contributed by atoms with Crippen molar-refractivity contribution in [1.82, 2.24) is 14.9 Å². The summed E-state index contributed by atoms with van der Waals surface area (Å²) >= 11 is 0. The highest BCUT2D eigenvalue weighted by Gasteiger charge is 2.20. The fourth-order valence-electron chi connectivity index (χ4n) is 3.95. The highest BCUT2D eigenvalue weighted by Crippen LogP contribution is 2.32. The van der Waals surface area contributed by atoms with Gasteiger partial charge in [0.15, 0.2) is 11.5 Å². The van der Waals surface area contributed by atoms with E-state index in [1.165, 1.54) is 0 Å². The van der Waals surface area contributed by atoms with Crippen molar-refractivity contribution in [2.24, 2.45) is 0 Å². The number of hydrogen-bond donors (Lipinski definition) is 2. The second-order valence-corrected chi connectivity index (χ2v) is 7.60. The van der Waals surface area contributed by atoms with E-state index in [0.717, 1.165) is 61.0 Å². The van der Waals surface area contributed by atoms with E-state index in [9.17, 15) is 4.79 Å². The predicted molar refractivity (Wildman–Crippen MR) is 115 cm³/mol. The minimum atomic E-state index is -0.0242. The Morgan fingerprint density at radius 1 is 1.03 bits per heavy atom. The van der Waals surface area contributed by atoms with E-state index in [4.69, 9.17) is 14.5 Å². The molecular formula is C22H25N5O3. The first-order valence-electron chi connectivity index (χ1n) is 10.4. The van der Waals surface area contributed by atoms with E-state index in [-0.39, 0.29) is 5.91 Å². The largest absolute Gasteiger partial charge is 0.486 e. The van der Waals surface area contributed by atoms with Gasteiger partial charge in [-0.05, 0) is 30.7 Å². The zero-order chi connectivity index (χ0) is 20.3. The predicted octanol–water partition coefficient (Wildman–Crippen LogP) is 2.48. The number of benzene rings is 2. The average molecular weight is 407 g/mol. The van der Waals surface area contributed by atoms with Crippen molar-refractivity contribution < 1.29 is 14.3 Å². The molecule has 1 saturated heterocycles. The molecule has 0 saturated carbocycles. The summed E-state index contributed by atoms with van der Waals surface area (Å²) < 4.78 is 11.1. The van der Waals surface area contributed by atoms with Crippen LogP contribution in [0, 0.1) is 0 Å². The number of hydrogen-bond acceptors (Lipinski definition) is 6.